The van der Waals surface area contributed by atoms with Gasteiger partial charge in [0.05, 0.1) is 27.6 Å². The molecule has 64 heavy (non-hydrogen) atoms. The number of para-hydroxylation sites is 4. The molecule has 0 aliphatic heterocycles. The van der Waals surface area contributed by atoms with Crippen molar-refractivity contribution in [3.05, 3.63) is 242 Å². The molecule has 1 aliphatic rings. The number of aromatic nitrogens is 3. The third kappa shape index (κ3) is 5.33. The van der Waals surface area contributed by atoms with Gasteiger partial charge in [-0.3, -0.25) is 0 Å². The van der Waals surface area contributed by atoms with Crippen LogP contribution in [-0.4, -0.2) is 21.8 Å². The number of allylic oxidation sites excluding steroid dienone is 1. The highest BCUT2D eigenvalue weighted by molar-refractivity contribution is 7.20. The van der Waals surface area contributed by atoms with Crippen molar-refractivity contribution < 1.29 is 0 Å². The first-order valence-electron chi connectivity index (χ1n) is 22.4. The van der Waals surface area contributed by atoms with Crippen molar-refractivity contribution in [1.82, 2.24) is 13.7 Å². The van der Waals surface area contributed by atoms with Gasteiger partial charge in [0.1, 0.15) is 0 Å². The average molecular weight is 834 g/mol. The Hall–Kier alpha value is -7.92. The number of rotatable bonds is 7. The molecule has 13 rings (SSSR count). The monoisotopic (exact) mass is 833 g/mol. The van der Waals surface area contributed by atoms with E-state index in [9.17, 15) is 0 Å². The Labute approximate surface area is 373 Å². The van der Waals surface area contributed by atoms with E-state index in [1.54, 1.807) is 0 Å². The van der Waals surface area contributed by atoms with Gasteiger partial charge in [0.2, 0.25) is 0 Å². The van der Waals surface area contributed by atoms with Gasteiger partial charge >= 0.3 is 0 Å². The second-order valence-electron chi connectivity index (χ2n) is 17.1. The summed E-state index contributed by atoms with van der Waals surface area (Å²) in [5.41, 5.74) is 12.4. The molecule has 3 aromatic heterocycles. The molecule has 0 N–H and O–H groups in total. The number of hydrogen-bond acceptors (Lipinski definition) is 0. The van der Waals surface area contributed by atoms with E-state index in [1.165, 1.54) is 104 Å². The van der Waals surface area contributed by atoms with Crippen LogP contribution in [0.25, 0.3) is 77.7 Å². The summed E-state index contributed by atoms with van der Waals surface area (Å²) in [6, 6.07) is 83.9. The van der Waals surface area contributed by atoms with Crippen LogP contribution in [0.2, 0.25) is 0 Å². The van der Waals surface area contributed by atoms with Crippen molar-refractivity contribution in [2.75, 3.05) is 0 Å². The lowest BCUT2D eigenvalue weighted by atomic mass is 10.0. The van der Waals surface area contributed by atoms with Gasteiger partial charge in [0.25, 0.3) is 0 Å². The lowest BCUT2D eigenvalue weighted by Crippen LogP contribution is -2.74. The molecule has 1 aliphatic carbocycles. The second kappa shape index (κ2) is 14.6. The molecule has 0 spiro atoms. The van der Waals surface area contributed by atoms with Crippen LogP contribution in [-0.2, 0) is 6.42 Å². The molecule has 9 aromatic carbocycles. The first kappa shape index (κ1) is 36.7. The van der Waals surface area contributed by atoms with Crippen LogP contribution >= 0.6 is 0 Å². The molecule has 0 saturated heterocycles. The SMILES string of the molecule is C1=Cc2c(n(-c3ccccc3)c3ccc4c5ccccc5n(-c5cccc([Si](c6ccccc6)(c6ccccc6)c6ccc7c(c6)c6ccccc6n7-c6ccccc6)c5)c4c23)CC1. The Morgan fingerprint density at radius 2 is 0.859 bits per heavy atom. The van der Waals surface area contributed by atoms with E-state index in [-0.39, 0.29) is 0 Å². The Balaban J connectivity index is 1.13. The van der Waals surface area contributed by atoms with Gasteiger partial charge in [0.15, 0.2) is 8.07 Å². The number of benzene rings is 9. The fraction of sp³-hybridized carbons (Fsp3) is 0.0333. The maximum atomic E-state index is 2.57. The normalized spacial score (nSPS) is 12.8. The van der Waals surface area contributed by atoms with Gasteiger partial charge < -0.3 is 13.7 Å². The first-order valence-corrected chi connectivity index (χ1v) is 24.4. The fourth-order valence-electron chi connectivity index (χ4n) is 11.2. The average Bonchev–Trinajstić information content (AvgIpc) is 4.01. The smallest absolute Gasteiger partial charge is 0.179 e. The summed E-state index contributed by atoms with van der Waals surface area (Å²) in [6.45, 7) is 0. The maximum Gasteiger partial charge on any atom is 0.179 e. The summed E-state index contributed by atoms with van der Waals surface area (Å²) in [5, 5.41) is 11.8. The van der Waals surface area contributed by atoms with Gasteiger partial charge in [-0.15, -0.1) is 0 Å². The van der Waals surface area contributed by atoms with Crippen molar-refractivity contribution in [3.63, 3.8) is 0 Å². The highest BCUT2D eigenvalue weighted by atomic mass is 28.3. The zero-order chi connectivity index (χ0) is 42.2. The molecular formula is C60H43N3Si. The zero-order valence-electron chi connectivity index (χ0n) is 35.3. The van der Waals surface area contributed by atoms with Crippen molar-refractivity contribution in [3.8, 4) is 17.1 Å². The largest absolute Gasteiger partial charge is 0.313 e. The van der Waals surface area contributed by atoms with E-state index in [1.807, 2.05) is 0 Å². The van der Waals surface area contributed by atoms with Gasteiger partial charge in [-0.25, -0.2) is 0 Å². The maximum absolute atomic E-state index is 3.01. The highest BCUT2D eigenvalue weighted by Gasteiger charge is 2.42. The summed E-state index contributed by atoms with van der Waals surface area (Å²) in [4.78, 5) is 0. The summed E-state index contributed by atoms with van der Waals surface area (Å²) >= 11 is 0. The molecule has 0 radical (unpaired) electrons. The third-order valence-electron chi connectivity index (χ3n) is 13.8. The van der Waals surface area contributed by atoms with Crippen LogP contribution in [0.15, 0.2) is 231 Å². The van der Waals surface area contributed by atoms with Gasteiger partial charge in [-0.1, -0.05) is 176 Å². The van der Waals surface area contributed by atoms with Gasteiger partial charge in [-0.05, 0) is 94.3 Å². The first-order chi connectivity index (χ1) is 31.8. The van der Waals surface area contributed by atoms with E-state index in [0.29, 0.717) is 0 Å². The summed E-state index contributed by atoms with van der Waals surface area (Å²) in [6.07, 6.45) is 6.78. The van der Waals surface area contributed by atoms with E-state index in [4.69, 9.17) is 0 Å². The summed E-state index contributed by atoms with van der Waals surface area (Å²) < 4.78 is 7.51. The minimum Gasteiger partial charge on any atom is -0.313 e. The lowest BCUT2D eigenvalue weighted by molar-refractivity contribution is 0.888. The Kier molecular flexibility index (Phi) is 8.37. The molecule has 4 heteroatoms. The van der Waals surface area contributed by atoms with Gasteiger partial charge in [-0.2, -0.15) is 0 Å². The minimum absolute atomic E-state index is 1.00. The third-order valence-corrected chi connectivity index (χ3v) is 18.6. The zero-order valence-corrected chi connectivity index (χ0v) is 36.3. The van der Waals surface area contributed by atoms with E-state index in [0.717, 1.165) is 12.8 Å². The summed E-state index contributed by atoms with van der Waals surface area (Å²) in [7, 11) is -3.01. The van der Waals surface area contributed by atoms with Crippen molar-refractivity contribution in [2.45, 2.75) is 12.8 Å². The Morgan fingerprint density at radius 1 is 0.344 bits per heavy atom. The lowest BCUT2D eigenvalue weighted by Gasteiger charge is -2.35. The molecule has 0 fully saturated rings. The number of hydrogen-bond donors (Lipinski definition) is 0. The molecule has 0 amide bonds. The number of nitrogens with zero attached hydrogens (tertiary/aromatic N) is 3. The highest BCUT2D eigenvalue weighted by Crippen LogP contribution is 2.43. The quantitative estimate of drug-likeness (QED) is 0.112. The molecule has 0 bridgehead atoms. The molecule has 0 saturated carbocycles. The molecule has 302 valence electrons. The van der Waals surface area contributed by atoms with E-state index >= 15 is 0 Å². The molecule has 12 aromatic rings. The van der Waals surface area contributed by atoms with Crippen LogP contribution < -0.4 is 20.7 Å². The fourth-order valence-corrected chi connectivity index (χ4v) is 16.0. The molecular weight excluding hydrogens is 791 g/mol. The molecule has 0 atom stereocenters. The van der Waals surface area contributed by atoms with Crippen molar-refractivity contribution >= 4 is 89.4 Å². The Bertz CT molecular complexity index is 3720. The van der Waals surface area contributed by atoms with Crippen molar-refractivity contribution in [2.24, 2.45) is 0 Å². The Morgan fingerprint density at radius 3 is 1.55 bits per heavy atom. The van der Waals surface area contributed by atoms with Crippen molar-refractivity contribution in [1.29, 1.82) is 0 Å². The van der Waals surface area contributed by atoms with Crippen LogP contribution in [0, 0.1) is 0 Å². The van der Waals surface area contributed by atoms with Crippen LogP contribution in [0.3, 0.4) is 0 Å². The van der Waals surface area contributed by atoms with Gasteiger partial charge in [0, 0.05) is 55.3 Å². The molecule has 3 heterocycles. The van der Waals surface area contributed by atoms with Crippen LogP contribution in [0.5, 0.6) is 0 Å². The topological polar surface area (TPSA) is 14.8 Å². The van der Waals surface area contributed by atoms with E-state index in [2.05, 4.69) is 250 Å². The summed E-state index contributed by atoms with van der Waals surface area (Å²) in [5.74, 6) is 0. The van der Waals surface area contributed by atoms with Crippen LogP contribution in [0.1, 0.15) is 17.7 Å². The predicted molar refractivity (Wildman–Crippen MR) is 273 cm³/mol. The molecule has 3 nitrogen and oxygen atoms in total. The molecule has 0 unspecified atom stereocenters. The van der Waals surface area contributed by atoms with Crippen LogP contribution in [0.4, 0.5) is 0 Å². The predicted octanol–water partition coefficient (Wildman–Crippen LogP) is 12.2. The minimum atomic E-state index is -3.01. The standard InChI is InChI=1S/C60H43N3Si/c1-5-20-42(21-6-1)61-54-33-16-14-31-50(54)53-41-48(36-38-57(53)61)64(45-25-9-3-10-26-45,46-27-11-4-12-28-46)47-29-19-24-44(40-47)63-55-34-17-13-30-49(55)51-37-39-58-59(60(51)63)52-32-15-18-35-56(52)62(58)43-22-7-2-8-23-43/h1-17,19-34,36-41H,18,35H2. The second-order valence-corrected chi connectivity index (χ2v) is 20.9. The number of fused-ring (bicyclic) bond motifs is 10. The van der Waals surface area contributed by atoms with E-state index < -0.39 is 8.07 Å².